The minimum atomic E-state index is -0.676. The van der Waals surface area contributed by atoms with Gasteiger partial charge < -0.3 is 4.74 Å². The molecule has 1 nitrogen and oxygen atoms in total. The molecule has 1 aromatic rings. The van der Waals surface area contributed by atoms with Crippen LogP contribution in [0.25, 0.3) is 0 Å². The second-order valence-corrected chi connectivity index (χ2v) is 5.57. The largest absolute Gasteiger partial charge is 0.489 e. The van der Waals surface area contributed by atoms with Crippen LogP contribution in [-0.2, 0) is 0 Å². The molecule has 0 spiro atoms. The molecule has 0 amide bonds. The van der Waals surface area contributed by atoms with Crippen LogP contribution in [0.5, 0.6) is 5.75 Å². The van der Waals surface area contributed by atoms with Crippen LogP contribution in [-0.4, -0.2) is 11.9 Å². The Balaban J connectivity index is 2.52. The zero-order valence-corrected chi connectivity index (χ0v) is 12.7. The molecule has 1 unspecified atom stereocenters. The molecule has 1 atom stereocenters. The van der Waals surface area contributed by atoms with E-state index in [-0.39, 0.29) is 5.75 Å². The third-order valence-electron chi connectivity index (χ3n) is 2.42. The second kappa shape index (κ2) is 7.31. The van der Waals surface area contributed by atoms with E-state index in [2.05, 4.69) is 38.8 Å². The number of halogens is 4. The summed E-state index contributed by atoms with van der Waals surface area (Å²) in [5.74, 6) is -0.700. The lowest BCUT2D eigenvalue weighted by atomic mass is 10.1. The number of ether oxygens (including phenoxy) is 1. The fraction of sp³-hybridized carbons (Fsp3) is 0.500. The summed E-state index contributed by atoms with van der Waals surface area (Å²) in [6.45, 7) is 2.54. The van der Waals surface area contributed by atoms with E-state index < -0.39 is 11.6 Å². The van der Waals surface area contributed by atoms with Crippen molar-refractivity contribution in [3.05, 3.63) is 28.2 Å². The average Bonchev–Trinajstić information content (AvgIpc) is 2.22. The van der Waals surface area contributed by atoms with E-state index in [0.29, 0.717) is 17.0 Å². The Morgan fingerprint density at radius 2 is 2.00 bits per heavy atom. The Morgan fingerprint density at radius 1 is 1.29 bits per heavy atom. The number of hydrogen-bond acceptors (Lipinski definition) is 1. The van der Waals surface area contributed by atoms with Crippen molar-refractivity contribution in [2.45, 2.75) is 19.8 Å². The van der Waals surface area contributed by atoms with Crippen molar-refractivity contribution in [1.82, 2.24) is 0 Å². The molecule has 0 radical (unpaired) electrons. The Hall–Kier alpha value is -0.160. The first-order valence-corrected chi connectivity index (χ1v) is 7.29. The summed E-state index contributed by atoms with van der Waals surface area (Å²) in [4.78, 5) is 0. The van der Waals surface area contributed by atoms with Gasteiger partial charge in [-0.05, 0) is 40.8 Å². The highest BCUT2D eigenvalue weighted by molar-refractivity contribution is 9.10. The van der Waals surface area contributed by atoms with Crippen molar-refractivity contribution in [2.24, 2.45) is 5.92 Å². The van der Waals surface area contributed by atoms with Gasteiger partial charge in [0.1, 0.15) is 5.82 Å². The maximum absolute atomic E-state index is 13.4. The smallest absolute Gasteiger partial charge is 0.169 e. The fourth-order valence-electron chi connectivity index (χ4n) is 1.36. The summed E-state index contributed by atoms with van der Waals surface area (Å²) in [5.41, 5.74) is 0. The maximum Gasteiger partial charge on any atom is 0.169 e. The quantitative estimate of drug-likeness (QED) is 0.645. The Morgan fingerprint density at radius 3 is 2.59 bits per heavy atom. The normalized spacial score (nSPS) is 12.5. The molecule has 0 aliphatic rings. The van der Waals surface area contributed by atoms with Crippen LogP contribution in [0.2, 0.25) is 0 Å². The number of rotatable bonds is 6. The molecule has 0 saturated carbocycles. The first kappa shape index (κ1) is 14.9. The highest BCUT2D eigenvalue weighted by atomic mass is 79.9. The molecule has 0 heterocycles. The van der Waals surface area contributed by atoms with Gasteiger partial charge in [-0.25, -0.2) is 8.78 Å². The summed E-state index contributed by atoms with van der Waals surface area (Å²) < 4.78 is 31.9. The number of benzene rings is 1. The first-order chi connectivity index (χ1) is 8.04. The molecule has 0 aliphatic heterocycles. The van der Waals surface area contributed by atoms with E-state index in [1.807, 2.05) is 0 Å². The van der Waals surface area contributed by atoms with Crippen molar-refractivity contribution < 1.29 is 13.5 Å². The summed E-state index contributed by atoms with van der Waals surface area (Å²) >= 11 is 6.45. The Labute approximate surface area is 117 Å². The SMILES string of the molecule is CC(CCBr)CCOc1c(F)cc(F)cc1Br. The van der Waals surface area contributed by atoms with Gasteiger partial charge in [0.25, 0.3) is 0 Å². The molecule has 0 saturated heterocycles. The van der Waals surface area contributed by atoms with E-state index in [1.54, 1.807) is 0 Å². The molecule has 96 valence electrons. The van der Waals surface area contributed by atoms with Crippen LogP contribution in [0.15, 0.2) is 16.6 Å². The van der Waals surface area contributed by atoms with Crippen molar-refractivity contribution in [1.29, 1.82) is 0 Å². The lowest BCUT2D eigenvalue weighted by molar-refractivity contribution is 0.268. The van der Waals surface area contributed by atoms with Gasteiger partial charge in [0.15, 0.2) is 11.6 Å². The van der Waals surface area contributed by atoms with Crippen LogP contribution < -0.4 is 4.74 Å². The van der Waals surface area contributed by atoms with Gasteiger partial charge >= 0.3 is 0 Å². The molecule has 17 heavy (non-hydrogen) atoms. The van der Waals surface area contributed by atoms with E-state index in [9.17, 15) is 8.78 Å². The van der Waals surface area contributed by atoms with Crippen LogP contribution in [0.3, 0.4) is 0 Å². The van der Waals surface area contributed by atoms with Crippen LogP contribution in [0.1, 0.15) is 19.8 Å². The average molecular weight is 372 g/mol. The zero-order valence-electron chi connectivity index (χ0n) is 9.48. The number of alkyl halides is 1. The van der Waals surface area contributed by atoms with E-state index in [4.69, 9.17) is 4.74 Å². The highest BCUT2D eigenvalue weighted by Crippen LogP contribution is 2.29. The molecule has 1 rings (SSSR count). The predicted molar refractivity (Wildman–Crippen MR) is 71.7 cm³/mol. The molecule has 0 aliphatic carbocycles. The van der Waals surface area contributed by atoms with E-state index in [1.165, 1.54) is 6.07 Å². The van der Waals surface area contributed by atoms with Crippen molar-refractivity contribution >= 4 is 31.9 Å². The topological polar surface area (TPSA) is 9.23 Å². The van der Waals surface area contributed by atoms with Gasteiger partial charge in [-0.1, -0.05) is 22.9 Å². The van der Waals surface area contributed by atoms with Crippen molar-refractivity contribution in [3.8, 4) is 5.75 Å². The zero-order chi connectivity index (χ0) is 12.8. The van der Waals surface area contributed by atoms with Crippen LogP contribution in [0, 0.1) is 17.6 Å². The molecular weight excluding hydrogens is 358 g/mol. The lowest BCUT2D eigenvalue weighted by Gasteiger charge is -2.12. The minimum absolute atomic E-state index is 0.0810. The lowest BCUT2D eigenvalue weighted by Crippen LogP contribution is -2.06. The highest BCUT2D eigenvalue weighted by Gasteiger charge is 2.11. The van der Waals surface area contributed by atoms with E-state index >= 15 is 0 Å². The van der Waals surface area contributed by atoms with Crippen LogP contribution in [0.4, 0.5) is 8.78 Å². The first-order valence-electron chi connectivity index (χ1n) is 5.38. The molecule has 0 aromatic heterocycles. The Bertz CT molecular complexity index is 349. The molecule has 5 heteroatoms. The monoisotopic (exact) mass is 370 g/mol. The predicted octanol–water partition coefficient (Wildman–Crippen LogP) is 4.92. The molecule has 0 N–H and O–H groups in total. The van der Waals surface area contributed by atoms with Gasteiger partial charge in [0, 0.05) is 11.4 Å². The van der Waals surface area contributed by atoms with Crippen LogP contribution >= 0.6 is 31.9 Å². The summed E-state index contributed by atoms with van der Waals surface area (Å²) in [6.07, 6.45) is 1.89. The molecule has 1 aromatic carbocycles. The molecular formula is C12H14Br2F2O. The summed E-state index contributed by atoms with van der Waals surface area (Å²) in [7, 11) is 0. The van der Waals surface area contributed by atoms with Gasteiger partial charge in [-0.3, -0.25) is 0 Å². The Kier molecular flexibility index (Phi) is 6.41. The summed E-state index contributed by atoms with van der Waals surface area (Å²) in [6, 6.07) is 2.02. The van der Waals surface area contributed by atoms with Gasteiger partial charge in [-0.2, -0.15) is 0 Å². The third kappa shape index (κ3) is 4.92. The summed E-state index contributed by atoms with van der Waals surface area (Å²) in [5, 5.41) is 0.947. The minimum Gasteiger partial charge on any atom is -0.489 e. The fourth-order valence-corrected chi connectivity index (χ4v) is 2.66. The van der Waals surface area contributed by atoms with E-state index in [0.717, 1.165) is 24.2 Å². The number of hydrogen-bond donors (Lipinski definition) is 0. The van der Waals surface area contributed by atoms with Gasteiger partial charge in [0.2, 0.25) is 0 Å². The third-order valence-corrected chi connectivity index (χ3v) is 3.47. The van der Waals surface area contributed by atoms with Crippen molar-refractivity contribution in [2.75, 3.05) is 11.9 Å². The second-order valence-electron chi connectivity index (χ2n) is 3.92. The maximum atomic E-state index is 13.4. The molecule has 0 fully saturated rings. The van der Waals surface area contributed by atoms with Gasteiger partial charge in [0.05, 0.1) is 11.1 Å². The standard InChI is InChI=1S/C12H14Br2F2O/c1-8(2-4-13)3-5-17-12-10(14)6-9(15)7-11(12)16/h6-8H,2-5H2,1H3. The van der Waals surface area contributed by atoms with Crippen molar-refractivity contribution in [3.63, 3.8) is 0 Å². The molecule has 0 bridgehead atoms. The van der Waals surface area contributed by atoms with Gasteiger partial charge in [-0.15, -0.1) is 0 Å².